The molecule has 26 heavy (non-hydrogen) atoms. The van der Waals surface area contributed by atoms with Crippen molar-refractivity contribution >= 4 is 21.7 Å². The Morgan fingerprint density at radius 1 is 1.31 bits per heavy atom. The fraction of sp³-hybridized carbons (Fsp3) is 0.556. The number of hydrogen-bond donors (Lipinski definition) is 2. The molecule has 2 saturated carbocycles. The molecule has 0 spiro atoms. The summed E-state index contributed by atoms with van der Waals surface area (Å²) in [6.45, 7) is 0.0105. The van der Waals surface area contributed by atoms with Crippen molar-refractivity contribution in [2.45, 2.75) is 41.7 Å². The number of hydrogen-bond acceptors (Lipinski definition) is 5. The molecule has 1 heterocycles. The van der Waals surface area contributed by atoms with Crippen LogP contribution < -0.4 is 15.4 Å². The predicted molar refractivity (Wildman–Crippen MR) is 94.3 cm³/mol. The van der Waals surface area contributed by atoms with E-state index in [0.717, 1.165) is 6.42 Å². The molecule has 1 unspecified atom stereocenters. The number of ether oxygens (including phenoxy) is 1. The van der Waals surface area contributed by atoms with Crippen LogP contribution in [-0.2, 0) is 19.4 Å². The molecule has 2 aliphatic carbocycles. The van der Waals surface area contributed by atoms with Crippen molar-refractivity contribution in [1.82, 2.24) is 10.6 Å². The van der Waals surface area contributed by atoms with Crippen LogP contribution in [0.5, 0.6) is 5.75 Å². The van der Waals surface area contributed by atoms with E-state index in [1.54, 1.807) is 12.1 Å². The van der Waals surface area contributed by atoms with Crippen molar-refractivity contribution in [3.8, 4) is 5.75 Å². The van der Waals surface area contributed by atoms with Gasteiger partial charge in [-0.15, -0.1) is 0 Å². The van der Waals surface area contributed by atoms with E-state index in [1.807, 2.05) is 18.2 Å². The number of para-hydroxylation sites is 1. The van der Waals surface area contributed by atoms with E-state index < -0.39 is 31.8 Å². The Morgan fingerprint density at radius 2 is 2.08 bits per heavy atom. The lowest BCUT2D eigenvalue weighted by Crippen LogP contribution is -2.65. The Balaban J connectivity index is 1.46. The van der Waals surface area contributed by atoms with E-state index in [2.05, 4.69) is 10.6 Å². The molecule has 4 atom stereocenters. The van der Waals surface area contributed by atoms with Crippen molar-refractivity contribution in [2.24, 2.45) is 5.92 Å². The summed E-state index contributed by atoms with van der Waals surface area (Å²) in [5.74, 6) is 0.114. The molecule has 4 rings (SSSR count). The van der Waals surface area contributed by atoms with Crippen molar-refractivity contribution in [1.29, 1.82) is 0 Å². The minimum absolute atomic E-state index is 0.161. The number of carbonyl (C=O) groups excluding carboxylic acids is 2. The largest absolute Gasteiger partial charge is 0.484 e. The Labute approximate surface area is 152 Å². The van der Waals surface area contributed by atoms with Crippen LogP contribution in [0.15, 0.2) is 30.3 Å². The second-order valence-electron chi connectivity index (χ2n) is 7.41. The van der Waals surface area contributed by atoms with E-state index in [9.17, 15) is 18.0 Å². The molecule has 0 radical (unpaired) electrons. The first kappa shape index (κ1) is 17.3. The molecular weight excluding hydrogens is 356 g/mol. The standard InChI is InChI=1S/C18H22N2O5S/c21-16(11-25-13-4-2-1-3-5-13)20-15-8-12-6-7-18(15,9-12)26(23,24)14-10-19-17(14)22/h1-5,12,14-15H,6-11H2,(H,19,22)(H,20,21)/t12?,14-,15+,18-/m1/s1. The van der Waals surface area contributed by atoms with Crippen LogP contribution in [0.1, 0.15) is 25.7 Å². The number of β-lactam (4-membered cyclic amide) rings is 1. The zero-order chi connectivity index (χ0) is 18.4. The number of carbonyl (C=O) groups is 2. The lowest BCUT2D eigenvalue weighted by Gasteiger charge is -2.39. The highest BCUT2D eigenvalue weighted by atomic mass is 32.2. The summed E-state index contributed by atoms with van der Waals surface area (Å²) in [4.78, 5) is 24.0. The van der Waals surface area contributed by atoms with Gasteiger partial charge in [-0.1, -0.05) is 18.2 Å². The average Bonchev–Trinajstić information content (AvgIpc) is 3.19. The Kier molecular flexibility index (Phi) is 4.17. The van der Waals surface area contributed by atoms with E-state index >= 15 is 0 Å². The molecule has 0 aromatic heterocycles. The molecule has 140 valence electrons. The van der Waals surface area contributed by atoms with Gasteiger partial charge in [0.15, 0.2) is 21.7 Å². The maximum absolute atomic E-state index is 13.1. The summed E-state index contributed by atoms with van der Waals surface area (Å²) in [6.07, 6.45) is 2.52. The quantitative estimate of drug-likeness (QED) is 0.698. The number of amides is 2. The highest BCUT2D eigenvalue weighted by molar-refractivity contribution is 7.94. The smallest absolute Gasteiger partial charge is 0.258 e. The van der Waals surface area contributed by atoms with Crippen LogP contribution in [0, 0.1) is 5.92 Å². The summed E-state index contributed by atoms with van der Waals surface area (Å²) in [5, 5.41) is 4.41. The van der Waals surface area contributed by atoms with Gasteiger partial charge >= 0.3 is 0 Å². The van der Waals surface area contributed by atoms with Crippen LogP contribution in [0.4, 0.5) is 0 Å². The van der Waals surface area contributed by atoms with Gasteiger partial charge in [0.05, 0.1) is 4.75 Å². The van der Waals surface area contributed by atoms with Crippen molar-refractivity contribution in [3.63, 3.8) is 0 Å². The minimum Gasteiger partial charge on any atom is -0.484 e. The van der Waals surface area contributed by atoms with Gasteiger partial charge in [-0.2, -0.15) is 0 Å². The third-order valence-electron chi connectivity index (χ3n) is 5.96. The molecule has 2 N–H and O–H groups in total. The molecule has 2 amide bonds. The highest BCUT2D eigenvalue weighted by Crippen LogP contribution is 2.53. The van der Waals surface area contributed by atoms with Gasteiger partial charge in [0.1, 0.15) is 5.75 Å². The predicted octanol–water partition coefficient (Wildman–Crippen LogP) is 0.406. The topological polar surface area (TPSA) is 102 Å². The van der Waals surface area contributed by atoms with Gasteiger partial charge in [0.25, 0.3) is 5.91 Å². The first-order valence-electron chi connectivity index (χ1n) is 8.91. The summed E-state index contributed by atoms with van der Waals surface area (Å²) in [6, 6.07) is 8.54. The molecule has 1 aromatic rings. The molecule has 1 saturated heterocycles. The van der Waals surface area contributed by atoms with Crippen LogP contribution in [-0.4, -0.2) is 49.4 Å². The van der Waals surface area contributed by atoms with E-state index in [4.69, 9.17) is 4.74 Å². The Bertz CT molecular complexity index is 825. The molecule has 3 fully saturated rings. The van der Waals surface area contributed by atoms with Crippen LogP contribution in [0.3, 0.4) is 0 Å². The van der Waals surface area contributed by atoms with E-state index in [1.165, 1.54) is 0 Å². The maximum atomic E-state index is 13.1. The molecule has 1 aromatic carbocycles. The van der Waals surface area contributed by atoms with Crippen LogP contribution >= 0.6 is 0 Å². The SMILES string of the molecule is O=C(COc1ccccc1)N[C@H]1CC2CC[C@@]1(S(=O)(=O)[C@@H]1CNC1=O)C2. The molecule has 7 nitrogen and oxygen atoms in total. The lowest BCUT2D eigenvalue weighted by atomic mass is 9.94. The second-order valence-corrected chi connectivity index (χ2v) is 9.88. The molecule has 8 heteroatoms. The zero-order valence-corrected chi connectivity index (χ0v) is 15.1. The normalized spacial score (nSPS) is 32.6. The second kappa shape index (κ2) is 6.26. The zero-order valence-electron chi connectivity index (χ0n) is 14.3. The fourth-order valence-corrected chi connectivity index (χ4v) is 7.22. The third-order valence-corrected chi connectivity index (χ3v) is 8.88. The highest BCUT2D eigenvalue weighted by Gasteiger charge is 2.64. The number of sulfone groups is 1. The lowest BCUT2D eigenvalue weighted by molar-refractivity contribution is -0.125. The van der Waals surface area contributed by atoms with Crippen molar-refractivity contribution in [3.05, 3.63) is 30.3 Å². The summed E-state index contributed by atoms with van der Waals surface area (Å²) < 4.78 is 30.7. The van der Waals surface area contributed by atoms with Gasteiger partial charge < -0.3 is 15.4 Å². The number of nitrogens with one attached hydrogen (secondary N) is 2. The maximum Gasteiger partial charge on any atom is 0.258 e. The van der Waals surface area contributed by atoms with Crippen molar-refractivity contribution in [2.75, 3.05) is 13.2 Å². The van der Waals surface area contributed by atoms with Gasteiger partial charge in [-0.25, -0.2) is 8.42 Å². The molecule has 1 aliphatic heterocycles. The molecular formula is C18H22N2O5S. The third kappa shape index (κ3) is 2.67. The van der Waals surface area contributed by atoms with Crippen molar-refractivity contribution < 1.29 is 22.7 Å². The first-order chi connectivity index (χ1) is 12.4. The summed E-state index contributed by atoms with van der Waals surface area (Å²) in [5.41, 5.74) is 0. The van der Waals surface area contributed by atoms with Crippen LogP contribution in [0.25, 0.3) is 0 Å². The van der Waals surface area contributed by atoms with E-state index in [-0.39, 0.29) is 25.0 Å². The minimum atomic E-state index is -3.65. The van der Waals surface area contributed by atoms with Gasteiger partial charge in [-0.05, 0) is 43.7 Å². The Morgan fingerprint density at radius 3 is 2.69 bits per heavy atom. The number of rotatable bonds is 6. The molecule has 3 aliphatic rings. The summed E-state index contributed by atoms with van der Waals surface area (Å²) in [7, 11) is -3.65. The number of benzene rings is 1. The van der Waals surface area contributed by atoms with Crippen LogP contribution in [0.2, 0.25) is 0 Å². The monoisotopic (exact) mass is 378 g/mol. The fourth-order valence-electron chi connectivity index (χ4n) is 4.56. The Hall–Kier alpha value is -2.09. The van der Waals surface area contributed by atoms with Gasteiger partial charge in [0, 0.05) is 12.6 Å². The number of fused-ring (bicyclic) bond motifs is 2. The average molecular weight is 378 g/mol. The summed E-state index contributed by atoms with van der Waals surface area (Å²) >= 11 is 0. The van der Waals surface area contributed by atoms with Gasteiger partial charge in [-0.3, -0.25) is 9.59 Å². The molecule has 2 bridgehead atoms. The first-order valence-corrected chi connectivity index (χ1v) is 10.5. The van der Waals surface area contributed by atoms with Gasteiger partial charge in [0.2, 0.25) is 5.91 Å². The van der Waals surface area contributed by atoms with E-state index in [0.29, 0.717) is 25.0 Å².